The molecule has 2 aromatic carbocycles. The van der Waals surface area contributed by atoms with Crippen LogP contribution in [0.1, 0.15) is 28.4 Å². The molecule has 1 unspecified atom stereocenters. The van der Waals surface area contributed by atoms with Gasteiger partial charge in [-0.25, -0.2) is 0 Å². The summed E-state index contributed by atoms with van der Waals surface area (Å²) >= 11 is 5.96. The first kappa shape index (κ1) is 18.0. The molecule has 1 atom stereocenters. The fraction of sp³-hybridized carbons (Fsp3) is 0.263. The number of nitrogens with zero attached hydrogens (tertiary/aromatic N) is 1. The van der Waals surface area contributed by atoms with Crippen molar-refractivity contribution in [3.63, 3.8) is 0 Å². The Kier molecular flexibility index (Phi) is 5.99. The highest BCUT2D eigenvalue weighted by Crippen LogP contribution is 2.12. The summed E-state index contributed by atoms with van der Waals surface area (Å²) in [5.74, 6) is -0.410. The number of halogens is 1. The maximum absolute atomic E-state index is 12.4. The summed E-state index contributed by atoms with van der Waals surface area (Å²) in [5.41, 5.74) is 2.49. The van der Waals surface area contributed by atoms with Crippen molar-refractivity contribution in [2.24, 2.45) is 0 Å². The maximum atomic E-state index is 12.4. The van der Waals surface area contributed by atoms with Crippen LogP contribution in [0.15, 0.2) is 48.5 Å². The fourth-order valence-electron chi connectivity index (χ4n) is 2.45. The van der Waals surface area contributed by atoms with Gasteiger partial charge in [-0.15, -0.1) is 0 Å². The van der Waals surface area contributed by atoms with E-state index in [1.807, 2.05) is 37.3 Å². The number of hydrogen-bond donors (Lipinski definition) is 1. The van der Waals surface area contributed by atoms with Crippen molar-refractivity contribution >= 4 is 23.4 Å². The van der Waals surface area contributed by atoms with E-state index >= 15 is 0 Å². The van der Waals surface area contributed by atoms with E-state index in [1.165, 1.54) is 0 Å². The van der Waals surface area contributed by atoms with E-state index in [4.69, 9.17) is 11.6 Å². The highest BCUT2D eigenvalue weighted by Gasteiger charge is 2.20. The number of aryl methyl sites for hydroxylation is 1. The zero-order valence-electron chi connectivity index (χ0n) is 14.0. The van der Waals surface area contributed by atoms with Crippen LogP contribution < -0.4 is 5.32 Å². The zero-order chi connectivity index (χ0) is 17.7. The average Bonchev–Trinajstić information content (AvgIpc) is 2.54. The van der Waals surface area contributed by atoms with Gasteiger partial charge in [0.15, 0.2) is 0 Å². The van der Waals surface area contributed by atoms with E-state index in [-0.39, 0.29) is 11.8 Å². The van der Waals surface area contributed by atoms with Crippen LogP contribution in [0.4, 0.5) is 0 Å². The Bertz CT molecular complexity index is 746. The third-order valence-electron chi connectivity index (χ3n) is 3.68. The third-order valence-corrected chi connectivity index (χ3v) is 3.92. The largest absolute Gasteiger partial charge is 0.341 e. The van der Waals surface area contributed by atoms with Crippen LogP contribution in [0.25, 0.3) is 0 Å². The lowest BCUT2D eigenvalue weighted by Crippen LogP contribution is -2.45. The smallest absolute Gasteiger partial charge is 0.251 e. The van der Waals surface area contributed by atoms with Gasteiger partial charge >= 0.3 is 0 Å². The Hall–Kier alpha value is -2.33. The van der Waals surface area contributed by atoms with Crippen LogP contribution in [0.2, 0.25) is 5.02 Å². The minimum absolute atomic E-state index is 0.157. The van der Waals surface area contributed by atoms with Gasteiger partial charge in [-0.1, -0.05) is 41.4 Å². The van der Waals surface area contributed by atoms with E-state index in [9.17, 15) is 9.59 Å². The minimum atomic E-state index is -0.609. The quantitative estimate of drug-likeness (QED) is 0.903. The van der Waals surface area contributed by atoms with E-state index in [0.717, 1.165) is 11.1 Å². The van der Waals surface area contributed by atoms with E-state index < -0.39 is 6.04 Å². The van der Waals surface area contributed by atoms with Gasteiger partial charge < -0.3 is 10.2 Å². The van der Waals surface area contributed by atoms with Gasteiger partial charge in [-0.05, 0) is 43.7 Å². The Morgan fingerprint density at radius 2 is 1.88 bits per heavy atom. The molecule has 126 valence electrons. The van der Waals surface area contributed by atoms with Gasteiger partial charge in [0, 0.05) is 24.2 Å². The number of carbonyl (C=O) groups is 2. The summed E-state index contributed by atoms with van der Waals surface area (Å²) in [7, 11) is 1.71. The number of likely N-dealkylation sites (N-methyl/N-ethyl adjacent to an activating group) is 1. The molecule has 0 spiro atoms. The van der Waals surface area contributed by atoms with E-state index in [2.05, 4.69) is 5.32 Å². The number of benzene rings is 2. The molecule has 0 radical (unpaired) electrons. The molecule has 4 nitrogen and oxygen atoms in total. The highest BCUT2D eigenvalue weighted by atomic mass is 35.5. The molecular formula is C19H21ClN2O2. The number of hydrogen-bond acceptors (Lipinski definition) is 2. The Morgan fingerprint density at radius 1 is 1.17 bits per heavy atom. The van der Waals surface area contributed by atoms with Crippen molar-refractivity contribution in [1.82, 2.24) is 10.2 Å². The molecule has 0 aliphatic carbocycles. The van der Waals surface area contributed by atoms with Crippen LogP contribution in [-0.2, 0) is 11.3 Å². The minimum Gasteiger partial charge on any atom is -0.341 e. The summed E-state index contributed by atoms with van der Waals surface area (Å²) in [6, 6.07) is 14.0. The molecule has 2 rings (SSSR count). The lowest BCUT2D eigenvalue weighted by atomic mass is 10.1. The summed E-state index contributed by atoms with van der Waals surface area (Å²) < 4.78 is 0. The molecule has 0 aliphatic rings. The molecule has 0 bridgehead atoms. The lowest BCUT2D eigenvalue weighted by molar-refractivity contribution is -0.132. The topological polar surface area (TPSA) is 49.4 Å². The molecule has 0 saturated heterocycles. The Labute approximate surface area is 147 Å². The maximum Gasteiger partial charge on any atom is 0.251 e. The molecular weight excluding hydrogens is 324 g/mol. The molecule has 2 aromatic rings. The molecule has 0 heterocycles. The van der Waals surface area contributed by atoms with Gasteiger partial charge in [0.1, 0.15) is 6.04 Å². The summed E-state index contributed by atoms with van der Waals surface area (Å²) in [4.78, 5) is 26.3. The molecule has 2 amide bonds. The van der Waals surface area contributed by atoms with Gasteiger partial charge in [-0.3, -0.25) is 9.59 Å². The molecule has 5 heteroatoms. The number of nitrogens with one attached hydrogen (secondary N) is 1. The van der Waals surface area contributed by atoms with Crippen LogP contribution in [0.5, 0.6) is 0 Å². The number of rotatable bonds is 5. The Morgan fingerprint density at radius 3 is 2.54 bits per heavy atom. The van der Waals surface area contributed by atoms with Crippen LogP contribution in [0, 0.1) is 6.92 Å². The summed E-state index contributed by atoms with van der Waals surface area (Å²) in [6.07, 6.45) is 0. The highest BCUT2D eigenvalue weighted by molar-refractivity contribution is 6.30. The van der Waals surface area contributed by atoms with E-state index in [1.54, 1.807) is 37.1 Å². The lowest BCUT2D eigenvalue weighted by Gasteiger charge is -2.22. The summed E-state index contributed by atoms with van der Waals surface area (Å²) in [5, 5.41) is 3.38. The monoisotopic (exact) mass is 344 g/mol. The SMILES string of the molecule is Cc1cccc(C(=O)NC(C)C(=O)N(C)Cc2cccc(Cl)c2)c1. The zero-order valence-corrected chi connectivity index (χ0v) is 14.8. The van der Waals surface area contributed by atoms with Crippen molar-refractivity contribution in [2.75, 3.05) is 7.05 Å². The summed E-state index contributed by atoms with van der Waals surface area (Å²) in [6.45, 7) is 4.04. The molecule has 0 aromatic heterocycles. The second-order valence-corrected chi connectivity index (χ2v) is 6.33. The van der Waals surface area contributed by atoms with Gasteiger partial charge in [0.25, 0.3) is 5.91 Å². The first-order valence-electron chi connectivity index (χ1n) is 7.74. The first-order valence-corrected chi connectivity index (χ1v) is 8.11. The standard InChI is InChI=1S/C19H21ClN2O2/c1-13-6-4-8-16(10-13)18(23)21-14(2)19(24)22(3)12-15-7-5-9-17(20)11-15/h4-11,14H,12H2,1-3H3,(H,21,23). The average molecular weight is 345 g/mol. The van der Waals surface area contributed by atoms with Gasteiger partial charge in [0.2, 0.25) is 5.91 Å². The molecule has 0 fully saturated rings. The fourth-order valence-corrected chi connectivity index (χ4v) is 2.66. The van der Waals surface area contributed by atoms with Crippen LogP contribution in [-0.4, -0.2) is 29.8 Å². The van der Waals surface area contributed by atoms with Crippen molar-refractivity contribution in [1.29, 1.82) is 0 Å². The predicted molar refractivity (Wildman–Crippen MR) is 96.0 cm³/mol. The number of amides is 2. The van der Waals surface area contributed by atoms with Crippen molar-refractivity contribution in [3.8, 4) is 0 Å². The van der Waals surface area contributed by atoms with Crippen molar-refractivity contribution < 1.29 is 9.59 Å². The second kappa shape index (κ2) is 7.97. The second-order valence-electron chi connectivity index (χ2n) is 5.89. The van der Waals surface area contributed by atoms with Gasteiger partial charge in [-0.2, -0.15) is 0 Å². The normalized spacial score (nSPS) is 11.7. The molecule has 24 heavy (non-hydrogen) atoms. The number of carbonyl (C=O) groups excluding carboxylic acids is 2. The van der Waals surface area contributed by atoms with E-state index in [0.29, 0.717) is 17.1 Å². The predicted octanol–water partition coefficient (Wildman–Crippen LogP) is 3.43. The molecule has 0 saturated carbocycles. The van der Waals surface area contributed by atoms with Crippen LogP contribution >= 0.6 is 11.6 Å². The third kappa shape index (κ3) is 4.83. The molecule has 1 N–H and O–H groups in total. The first-order chi connectivity index (χ1) is 11.4. The molecule has 0 aliphatic heterocycles. The van der Waals surface area contributed by atoms with Gasteiger partial charge in [0.05, 0.1) is 0 Å². The van der Waals surface area contributed by atoms with Crippen molar-refractivity contribution in [2.45, 2.75) is 26.4 Å². The Balaban J connectivity index is 1.97. The van der Waals surface area contributed by atoms with Crippen LogP contribution in [0.3, 0.4) is 0 Å². The van der Waals surface area contributed by atoms with Crippen molar-refractivity contribution in [3.05, 3.63) is 70.2 Å².